The van der Waals surface area contributed by atoms with E-state index in [0.717, 1.165) is 36.8 Å². The topological polar surface area (TPSA) is 67.8 Å². The van der Waals surface area contributed by atoms with Crippen LogP contribution in [0.2, 0.25) is 0 Å². The van der Waals surface area contributed by atoms with Crippen molar-refractivity contribution in [1.29, 1.82) is 0 Å². The molecule has 1 N–H and O–H groups in total. The predicted molar refractivity (Wildman–Crippen MR) is 119 cm³/mol. The molecule has 30 heavy (non-hydrogen) atoms. The Morgan fingerprint density at radius 3 is 2.47 bits per heavy atom. The van der Waals surface area contributed by atoms with Gasteiger partial charge in [0.1, 0.15) is 5.00 Å². The van der Waals surface area contributed by atoms with Crippen LogP contribution in [0, 0.1) is 0 Å². The van der Waals surface area contributed by atoms with Gasteiger partial charge in [-0.25, -0.2) is 0 Å². The highest BCUT2D eigenvalue weighted by atomic mass is 32.1. The van der Waals surface area contributed by atoms with Gasteiger partial charge in [-0.1, -0.05) is 65.8 Å². The molecule has 0 spiro atoms. The number of anilines is 1. The lowest BCUT2D eigenvalue weighted by Gasteiger charge is -2.12. The van der Waals surface area contributed by atoms with Gasteiger partial charge < -0.3 is 10.2 Å². The molecule has 2 aromatic carbocycles. The summed E-state index contributed by atoms with van der Waals surface area (Å²) in [5.41, 5.74) is 3.22. The number of nitrogens with zero attached hydrogens (tertiary/aromatic N) is 1. The Labute approximate surface area is 179 Å². The zero-order chi connectivity index (χ0) is 20.8. The normalized spacial score (nSPS) is 13.1. The largest absolute Gasteiger partial charge is 0.386 e. The quantitative estimate of drug-likeness (QED) is 0.339. The molecule has 0 aliphatic heterocycles. The van der Waals surface area contributed by atoms with Crippen LogP contribution >= 0.6 is 11.3 Å². The van der Waals surface area contributed by atoms with Gasteiger partial charge in [0.15, 0.2) is 12.4 Å². The number of hydrogen-bond donors (Lipinski definition) is 1. The van der Waals surface area contributed by atoms with E-state index in [1.54, 1.807) is 6.21 Å². The van der Waals surface area contributed by atoms with Gasteiger partial charge in [0.25, 0.3) is 5.91 Å². The highest BCUT2D eigenvalue weighted by Gasteiger charge is 2.27. The van der Waals surface area contributed by atoms with Crippen molar-refractivity contribution >= 4 is 34.2 Å². The molecule has 0 bridgehead atoms. The van der Waals surface area contributed by atoms with E-state index in [4.69, 9.17) is 4.84 Å². The number of hydrogen-bond acceptors (Lipinski definition) is 5. The van der Waals surface area contributed by atoms with Gasteiger partial charge in [-0.05, 0) is 36.8 Å². The maximum absolute atomic E-state index is 13.2. The second-order valence-corrected chi connectivity index (χ2v) is 8.18. The fourth-order valence-electron chi connectivity index (χ4n) is 3.52. The van der Waals surface area contributed by atoms with Crippen LogP contribution in [0.25, 0.3) is 0 Å². The number of oxime groups is 1. The van der Waals surface area contributed by atoms with Crippen molar-refractivity contribution in [3.63, 3.8) is 0 Å². The lowest BCUT2D eigenvalue weighted by molar-refractivity contribution is -0.120. The summed E-state index contributed by atoms with van der Waals surface area (Å²) in [4.78, 5) is 32.0. The van der Waals surface area contributed by atoms with Crippen molar-refractivity contribution < 1.29 is 14.4 Å². The Kier molecular flexibility index (Phi) is 6.35. The lowest BCUT2D eigenvalue weighted by Crippen LogP contribution is -2.18. The molecule has 0 unspecified atom stereocenters. The highest BCUT2D eigenvalue weighted by Crippen LogP contribution is 2.39. The zero-order valence-corrected chi connectivity index (χ0v) is 17.3. The number of thiophene rings is 1. The number of aryl methyl sites for hydroxylation is 1. The molecule has 1 amide bonds. The summed E-state index contributed by atoms with van der Waals surface area (Å²) < 4.78 is 0. The minimum Gasteiger partial charge on any atom is -0.386 e. The Morgan fingerprint density at radius 1 is 1.00 bits per heavy atom. The number of amides is 1. The summed E-state index contributed by atoms with van der Waals surface area (Å²) in [5.74, 6) is -0.380. The second kappa shape index (κ2) is 9.50. The molecule has 152 valence electrons. The Balaban J connectivity index is 1.48. The molecular formula is C24H22N2O3S. The molecule has 5 nitrogen and oxygen atoms in total. The average Bonchev–Trinajstić information content (AvgIpc) is 3.15. The smallest absolute Gasteiger partial charge is 0.265 e. The molecule has 6 heteroatoms. The van der Waals surface area contributed by atoms with Gasteiger partial charge in [0, 0.05) is 10.4 Å². The third-order valence-electron chi connectivity index (χ3n) is 4.96. The van der Waals surface area contributed by atoms with Crippen LogP contribution in [0.5, 0.6) is 0 Å². The van der Waals surface area contributed by atoms with Crippen molar-refractivity contribution in [2.45, 2.75) is 25.7 Å². The van der Waals surface area contributed by atoms with Gasteiger partial charge in [-0.3, -0.25) is 9.59 Å². The van der Waals surface area contributed by atoms with E-state index >= 15 is 0 Å². The van der Waals surface area contributed by atoms with E-state index in [1.807, 2.05) is 60.7 Å². The van der Waals surface area contributed by atoms with Gasteiger partial charge in [-0.15, -0.1) is 11.3 Å². The van der Waals surface area contributed by atoms with E-state index in [-0.39, 0.29) is 18.3 Å². The highest BCUT2D eigenvalue weighted by molar-refractivity contribution is 7.17. The van der Waals surface area contributed by atoms with Crippen LogP contribution in [-0.4, -0.2) is 24.5 Å². The number of carbonyl (C=O) groups excluding carboxylic acids is 2. The minimum atomic E-state index is -0.332. The first-order chi connectivity index (χ1) is 14.7. The molecule has 0 radical (unpaired) electrons. The Morgan fingerprint density at radius 2 is 1.70 bits per heavy atom. The summed E-state index contributed by atoms with van der Waals surface area (Å²) in [6, 6.07) is 18.7. The predicted octanol–water partition coefficient (Wildman–Crippen LogP) is 4.85. The summed E-state index contributed by atoms with van der Waals surface area (Å²) in [5, 5.41) is 7.33. The maximum atomic E-state index is 13.2. The SMILES string of the molecule is O=C(CO/N=C/c1ccccc1)Nc1sc2c(c1C(=O)c1ccccc1)CCCC2. The van der Waals surface area contributed by atoms with Crippen molar-refractivity contribution in [2.75, 3.05) is 11.9 Å². The number of benzene rings is 2. The lowest BCUT2D eigenvalue weighted by atomic mass is 9.92. The molecular weight excluding hydrogens is 396 g/mol. The Hall–Kier alpha value is -3.25. The first-order valence-corrected chi connectivity index (χ1v) is 10.8. The van der Waals surface area contributed by atoms with Crippen molar-refractivity contribution in [2.24, 2.45) is 5.16 Å². The van der Waals surface area contributed by atoms with E-state index in [0.29, 0.717) is 16.1 Å². The van der Waals surface area contributed by atoms with Crippen LogP contribution in [0.4, 0.5) is 5.00 Å². The van der Waals surface area contributed by atoms with Crippen LogP contribution in [0.15, 0.2) is 65.8 Å². The van der Waals surface area contributed by atoms with Gasteiger partial charge >= 0.3 is 0 Å². The van der Waals surface area contributed by atoms with E-state index in [9.17, 15) is 9.59 Å². The van der Waals surface area contributed by atoms with Gasteiger partial charge in [0.05, 0.1) is 11.8 Å². The Bertz CT molecular complexity index is 1060. The van der Waals surface area contributed by atoms with Crippen molar-refractivity contribution in [1.82, 2.24) is 0 Å². The fraction of sp³-hybridized carbons (Fsp3) is 0.208. The molecule has 1 heterocycles. The third-order valence-corrected chi connectivity index (χ3v) is 6.17. The molecule has 0 atom stereocenters. The minimum absolute atomic E-state index is 0.0479. The molecule has 1 aliphatic rings. The van der Waals surface area contributed by atoms with Crippen molar-refractivity contribution in [3.05, 3.63) is 87.8 Å². The number of fused-ring (bicyclic) bond motifs is 1. The summed E-state index contributed by atoms with van der Waals surface area (Å²) in [6.07, 6.45) is 5.54. The molecule has 0 fully saturated rings. The van der Waals surface area contributed by atoms with E-state index < -0.39 is 0 Å². The zero-order valence-electron chi connectivity index (χ0n) is 16.5. The third kappa shape index (κ3) is 4.66. The fourth-order valence-corrected chi connectivity index (χ4v) is 4.83. The first-order valence-electron chi connectivity index (χ1n) is 9.97. The summed E-state index contributed by atoms with van der Waals surface area (Å²) in [6.45, 7) is -0.217. The van der Waals surface area contributed by atoms with Crippen LogP contribution in [-0.2, 0) is 22.5 Å². The molecule has 3 aromatic rings. The summed E-state index contributed by atoms with van der Waals surface area (Å²) in [7, 11) is 0. The van der Waals surface area contributed by atoms with Crippen LogP contribution < -0.4 is 5.32 Å². The number of rotatable bonds is 7. The molecule has 1 aromatic heterocycles. The average molecular weight is 419 g/mol. The molecule has 0 saturated carbocycles. The second-order valence-electron chi connectivity index (χ2n) is 7.08. The number of carbonyl (C=O) groups is 2. The first kappa shape index (κ1) is 20.0. The maximum Gasteiger partial charge on any atom is 0.265 e. The number of nitrogens with one attached hydrogen (secondary N) is 1. The van der Waals surface area contributed by atoms with Gasteiger partial charge in [0.2, 0.25) is 0 Å². The van der Waals surface area contributed by atoms with Crippen LogP contribution in [0.3, 0.4) is 0 Å². The molecule has 4 rings (SSSR count). The molecule has 1 aliphatic carbocycles. The van der Waals surface area contributed by atoms with Crippen molar-refractivity contribution in [3.8, 4) is 0 Å². The number of ketones is 1. The van der Waals surface area contributed by atoms with E-state index in [2.05, 4.69) is 10.5 Å². The monoisotopic (exact) mass is 418 g/mol. The van der Waals surface area contributed by atoms with Crippen LogP contribution in [0.1, 0.15) is 44.8 Å². The van der Waals surface area contributed by atoms with Gasteiger partial charge in [-0.2, -0.15) is 0 Å². The summed E-state index contributed by atoms with van der Waals surface area (Å²) >= 11 is 1.50. The van der Waals surface area contributed by atoms with E-state index in [1.165, 1.54) is 16.2 Å². The standard InChI is InChI=1S/C24H22N2O3S/c27-21(16-29-25-15-17-9-3-1-4-10-17)26-24-22(19-13-7-8-14-20(19)30-24)23(28)18-11-5-2-6-12-18/h1-6,9-12,15H,7-8,13-14,16H2,(H,26,27)/b25-15+. The molecule has 0 saturated heterocycles.